The van der Waals surface area contributed by atoms with Crippen LogP contribution in [0.15, 0.2) is 24.3 Å². The Kier molecular flexibility index (Phi) is 1.29. The molecule has 0 heterocycles. The maximum Gasteiger partial charge on any atom is 0.162 e. The summed E-state index contributed by atoms with van der Waals surface area (Å²) in [5.41, 5.74) is 0.796. The molecule has 1 heteroatoms. The third-order valence-corrected chi connectivity index (χ3v) is 1.28. The van der Waals surface area contributed by atoms with E-state index < -0.39 is 0 Å². The number of Topliss-reactive ketones (excluding diaryl/α,β-unsaturated/α-hetero) is 1. The second-order valence-electron chi connectivity index (χ2n) is 1.83. The van der Waals surface area contributed by atoms with Gasteiger partial charge in [0.1, 0.15) is 0 Å². The zero-order valence-electron chi connectivity index (χ0n) is 4.68. The first-order chi connectivity index (χ1) is 3.84. The molecule has 0 fully saturated rings. The van der Waals surface area contributed by atoms with E-state index in [2.05, 4.69) is 6.58 Å². The normalized spacial score (nSPS) is 18.5. The maximum atomic E-state index is 10.7. The second-order valence-corrected chi connectivity index (χ2v) is 1.83. The average Bonchev–Trinajstić information content (AvgIpc) is 2.14. The molecule has 0 atom stereocenters. The fourth-order valence-electron chi connectivity index (χ4n) is 0.814. The van der Waals surface area contributed by atoms with Crippen LogP contribution in [0.25, 0.3) is 0 Å². The Hall–Kier alpha value is -0.850. The molecule has 0 spiro atoms. The highest BCUT2D eigenvalue weighted by atomic mass is 16.1. The van der Waals surface area contributed by atoms with Crippen molar-refractivity contribution in [2.45, 2.75) is 12.8 Å². The lowest BCUT2D eigenvalue weighted by molar-refractivity contribution is -0.114. The Morgan fingerprint density at radius 3 is 2.75 bits per heavy atom. The summed E-state index contributed by atoms with van der Waals surface area (Å²) in [4.78, 5) is 10.7. The molecule has 0 aromatic carbocycles. The van der Waals surface area contributed by atoms with Gasteiger partial charge in [0.25, 0.3) is 0 Å². The molecule has 0 aromatic heterocycles. The summed E-state index contributed by atoms with van der Waals surface area (Å²) in [6.45, 7) is 3.50. The number of carbonyl (C=O) groups excluding carboxylic acids is 1. The van der Waals surface area contributed by atoms with Crippen LogP contribution in [-0.2, 0) is 4.79 Å². The van der Waals surface area contributed by atoms with E-state index in [1.807, 2.05) is 6.08 Å². The standard InChI is InChI=1S/C7H8O/c1-2-6-4-3-5-7(6)8/h2,4H,1,3,5H2. The van der Waals surface area contributed by atoms with Crippen LogP contribution in [0.4, 0.5) is 0 Å². The largest absolute Gasteiger partial charge is 0.294 e. The zero-order valence-corrected chi connectivity index (χ0v) is 4.68. The van der Waals surface area contributed by atoms with Crippen LogP contribution in [0.1, 0.15) is 12.8 Å². The molecular formula is C7H8O. The van der Waals surface area contributed by atoms with Gasteiger partial charge in [0.2, 0.25) is 0 Å². The van der Waals surface area contributed by atoms with Crippen LogP contribution in [0.3, 0.4) is 0 Å². The molecule has 1 aliphatic rings. The Balaban J connectivity index is 2.76. The smallest absolute Gasteiger partial charge is 0.162 e. The number of ketones is 1. The first-order valence-electron chi connectivity index (χ1n) is 2.70. The minimum Gasteiger partial charge on any atom is -0.294 e. The van der Waals surface area contributed by atoms with Gasteiger partial charge in [0, 0.05) is 12.0 Å². The van der Waals surface area contributed by atoms with Gasteiger partial charge >= 0.3 is 0 Å². The van der Waals surface area contributed by atoms with E-state index >= 15 is 0 Å². The van der Waals surface area contributed by atoms with Crippen LogP contribution in [0.5, 0.6) is 0 Å². The second kappa shape index (κ2) is 1.95. The molecule has 0 N–H and O–H groups in total. The van der Waals surface area contributed by atoms with Gasteiger partial charge in [-0.15, -0.1) is 0 Å². The number of carbonyl (C=O) groups is 1. The summed E-state index contributed by atoms with van der Waals surface area (Å²) < 4.78 is 0. The van der Waals surface area contributed by atoms with Gasteiger partial charge in [-0.2, -0.15) is 0 Å². The molecule has 1 nitrogen and oxygen atoms in total. The summed E-state index contributed by atoms with van der Waals surface area (Å²) >= 11 is 0. The lowest BCUT2D eigenvalue weighted by atomic mass is 10.2. The van der Waals surface area contributed by atoms with Crippen LogP contribution in [-0.4, -0.2) is 5.78 Å². The quantitative estimate of drug-likeness (QED) is 0.497. The summed E-state index contributed by atoms with van der Waals surface area (Å²) in [6, 6.07) is 0. The Bertz CT molecular complexity index is 154. The number of hydrogen-bond donors (Lipinski definition) is 0. The highest BCUT2D eigenvalue weighted by Crippen LogP contribution is 2.13. The molecule has 42 valence electrons. The third kappa shape index (κ3) is 0.713. The number of allylic oxidation sites excluding steroid dienone is 3. The molecular weight excluding hydrogens is 100 g/mol. The molecule has 0 saturated carbocycles. The van der Waals surface area contributed by atoms with Gasteiger partial charge in [-0.3, -0.25) is 4.79 Å². The topological polar surface area (TPSA) is 17.1 Å². The molecule has 1 rings (SSSR count). The van der Waals surface area contributed by atoms with E-state index in [1.165, 1.54) is 0 Å². The van der Waals surface area contributed by atoms with Crippen LogP contribution in [0.2, 0.25) is 0 Å². The van der Waals surface area contributed by atoms with E-state index in [1.54, 1.807) is 6.08 Å². The molecule has 0 aliphatic heterocycles. The van der Waals surface area contributed by atoms with Crippen LogP contribution >= 0.6 is 0 Å². The van der Waals surface area contributed by atoms with E-state index in [9.17, 15) is 4.79 Å². The summed E-state index contributed by atoms with van der Waals surface area (Å²) in [7, 11) is 0. The van der Waals surface area contributed by atoms with Crippen LogP contribution < -0.4 is 0 Å². The van der Waals surface area contributed by atoms with Crippen molar-refractivity contribution in [2.24, 2.45) is 0 Å². The van der Waals surface area contributed by atoms with Crippen molar-refractivity contribution in [1.82, 2.24) is 0 Å². The predicted molar refractivity (Wildman–Crippen MR) is 32.5 cm³/mol. The van der Waals surface area contributed by atoms with Gasteiger partial charge in [-0.1, -0.05) is 18.7 Å². The lowest BCUT2D eigenvalue weighted by Gasteiger charge is -1.84. The van der Waals surface area contributed by atoms with Crippen molar-refractivity contribution in [2.75, 3.05) is 0 Å². The van der Waals surface area contributed by atoms with E-state index in [4.69, 9.17) is 0 Å². The van der Waals surface area contributed by atoms with Crippen molar-refractivity contribution in [1.29, 1.82) is 0 Å². The maximum absolute atomic E-state index is 10.7. The van der Waals surface area contributed by atoms with E-state index in [-0.39, 0.29) is 5.78 Å². The fraction of sp³-hybridized carbons (Fsp3) is 0.286. The van der Waals surface area contributed by atoms with E-state index in [0.29, 0.717) is 6.42 Å². The third-order valence-electron chi connectivity index (χ3n) is 1.28. The molecule has 0 saturated heterocycles. The highest BCUT2D eigenvalue weighted by molar-refractivity contribution is 5.99. The first-order valence-corrected chi connectivity index (χ1v) is 2.70. The van der Waals surface area contributed by atoms with Gasteiger partial charge < -0.3 is 0 Å². The van der Waals surface area contributed by atoms with Gasteiger partial charge in [0.15, 0.2) is 5.78 Å². The Morgan fingerprint density at radius 2 is 2.50 bits per heavy atom. The Labute approximate surface area is 48.7 Å². The molecule has 1 aliphatic carbocycles. The monoisotopic (exact) mass is 108 g/mol. The fourth-order valence-corrected chi connectivity index (χ4v) is 0.814. The molecule has 0 bridgehead atoms. The summed E-state index contributed by atoms with van der Waals surface area (Å²) in [6.07, 6.45) is 5.13. The first kappa shape index (κ1) is 5.29. The minimum absolute atomic E-state index is 0.236. The molecule has 8 heavy (non-hydrogen) atoms. The average molecular weight is 108 g/mol. The summed E-state index contributed by atoms with van der Waals surface area (Å²) in [5, 5.41) is 0. The van der Waals surface area contributed by atoms with Crippen molar-refractivity contribution in [3.63, 3.8) is 0 Å². The predicted octanol–water partition coefficient (Wildman–Crippen LogP) is 1.46. The van der Waals surface area contributed by atoms with Gasteiger partial charge in [-0.05, 0) is 6.42 Å². The van der Waals surface area contributed by atoms with E-state index in [0.717, 1.165) is 12.0 Å². The SMILES string of the molecule is C=CC1=CCCC1=O. The molecule has 0 unspecified atom stereocenters. The number of hydrogen-bond acceptors (Lipinski definition) is 1. The molecule has 0 aromatic rings. The van der Waals surface area contributed by atoms with Crippen molar-refractivity contribution in [3.8, 4) is 0 Å². The Morgan fingerprint density at radius 1 is 1.75 bits per heavy atom. The van der Waals surface area contributed by atoms with Gasteiger partial charge in [0.05, 0.1) is 0 Å². The number of rotatable bonds is 1. The molecule has 0 amide bonds. The lowest BCUT2D eigenvalue weighted by Crippen LogP contribution is -1.90. The molecule has 0 radical (unpaired) electrons. The zero-order chi connectivity index (χ0) is 5.98. The van der Waals surface area contributed by atoms with Gasteiger partial charge in [-0.25, -0.2) is 0 Å². The minimum atomic E-state index is 0.236. The van der Waals surface area contributed by atoms with Crippen LogP contribution in [0, 0.1) is 0 Å². The van der Waals surface area contributed by atoms with Crippen molar-refractivity contribution in [3.05, 3.63) is 24.3 Å². The highest BCUT2D eigenvalue weighted by Gasteiger charge is 2.09. The van der Waals surface area contributed by atoms with Crippen molar-refractivity contribution < 1.29 is 4.79 Å². The van der Waals surface area contributed by atoms with Crippen molar-refractivity contribution >= 4 is 5.78 Å². The summed E-state index contributed by atoms with van der Waals surface area (Å²) in [5.74, 6) is 0.236.